The summed E-state index contributed by atoms with van der Waals surface area (Å²) < 4.78 is 4.02. The highest BCUT2D eigenvalue weighted by Gasteiger charge is 2.17. The lowest BCUT2D eigenvalue weighted by Crippen LogP contribution is -2.07. The van der Waals surface area contributed by atoms with Crippen LogP contribution in [0.25, 0.3) is 0 Å². The van der Waals surface area contributed by atoms with E-state index >= 15 is 0 Å². The Morgan fingerprint density at radius 2 is 1.81 bits per heavy atom. The van der Waals surface area contributed by atoms with Crippen LogP contribution in [0.15, 0.2) is 45.1 Å². The van der Waals surface area contributed by atoms with Gasteiger partial charge in [-0.1, -0.05) is 72.1 Å². The molecule has 0 unspecified atom stereocenters. The molecular weight excluding hydrogens is 382 g/mol. The van der Waals surface area contributed by atoms with E-state index in [4.69, 9.17) is 0 Å². The van der Waals surface area contributed by atoms with E-state index < -0.39 is 0 Å². The van der Waals surface area contributed by atoms with Crippen LogP contribution in [0.2, 0.25) is 0 Å². The first kappa shape index (κ1) is 19.2. The van der Waals surface area contributed by atoms with Gasteiger partial charge in [-0.3, -0.25) is 4.79 Å². The number of aromatic nitrogens is 3. The minimum atomic E-state index is 0.141. The Hall–Kier alpha value is -1.57. The van der Waals surface area contributed by atoms with Gasteiger partial charge in [0.15, 0.2) is 14.5 Å². The molecule has 4 nitrogen and oxygen atoms in total. The molecule has 0 saturated carbocycles. The zero-order valence-corrected chi connectivity index (χ0v) is 17.5. The zero-order chi connectivity index (χ0) is 18.5. The Bertz CT molecular complexity index is 887. The second kappa shape index (κ2) is 8.88. The topological polar surface area (TPSA) is 47.8 Å². The van der Waals surface area contributed by atoms with Crippen LogP contribution < -0.4 is 0 Å². The van der Waals surface area contributed by atoms with Crippen molar-refractivity contribution >= 4 is 40.6 Å². The molecule has 3 aromatic rings. The molecule has 0 aliphatic rings. The molecule has 2 heterocycles. The van der Waals surface area contributed by atoms with Gasteiger partial charge >= 0.3 is 0 Å². The monoisotopic (exact) mass is 403 g/mol. The summed E-state index contributed by atoms with van der Waals surface area (Å²) in [7, 11) is 0. The van der Waals surface area contributed by atoms with Crippen molar-refractivity contribution in [2.45, 2.75) is 36.0 Å². The molecule has 2 aromatic heterocycles. The molecule has 0 fully saturated rings. The van der Waals surface area contributed by atoms with Crippen LogP contribution in [-0.4, -0.2) is 32.1 Å². The third-order valence-electron chi connectivity index (χ3n) is 4.04. The maximum atomic E-state index is 12.7. The molecule has 3 rings (SSSR count). The number of hydrogen-bond acceptors (Lipinski definition) is 6. The quantitative estimate of drug-likeness (QED) is 0.387. The fraction of sp³-hybridized carbons (Fsp3) is 0.316. The van der Waals surface area contributed by atoms with Crippen molar-refractivity contribution in [2.24, 2.45) is 0 Å². The third kappa shape index (κ3) is 4.58. The number of thioether (sulfide) groups is 2. The Labute approximate surface area is 166 Å². The van der Waals surface area contributed by atoms with Crippen LogP contribution in [0.4, 0.5) is 0 Å². The van der Waals surface area contributed by atoms with Crippen molar-refractivity contribution in [1.82, 2.24) is 14.8 Å². The van der Waals surface area contributed by atoms with Gasteiger partial charge < -0.3 is 4.57 Å². The molecule has 0 spiro atoms. The number of hydrogen-bond donors (Lipinski definition) is 0. The lowest BCUT2D eigenvalue weighted by Gasteiger charge is -2.09. The van der Waals surface area contributed by atoms with Gasteiger partial charge in [0.25, 0.3) is 0 Å². The summed E-state index contributed by atoms with van der Waals surface area (Å²) in [6, 6.07) is 12.3. The normalized spacial score (nSPS) is 11.0. The standard InChI is InChI=1S/C19H21N3OS3/c1-4-24-18-20-21-19(26-18)25-12-17(23)16-10-13(2)22(14(16)3)11-15-8-6-5-7-9-15/h5-10H,4,11-12H2,1-3H3. The minimum Gasteiger partial charge on any atom is -0.344 e. The Morgan fingerprint density at radius 3 is 2.50 bits per heavy atom. The molecule has 0 saturated heterocycles. The summed E-state index contributed by atoms with van der Waals surface area (Å²) in [5, 5.41) is 8.29. The smallest absolute Gasteiger partial charge is 0.175 e. The first-order chi connectivity index (χ1) is 12.6. The average molecular weight is 404 g/mol. The van der Waals surface area contributed by atoms with Crippen molar-refractivity contribution in [2.75, 3.05) is 11.5 Å². The SMILES string of the molecule is CCSc1nnc(SCC(=O)c2cc(C)n(Cc3ccccc3)c2C)s1. The van der Waals surface area contributed by atoms with Crippen LogP contribution in [0.3, 0.4) is 0 Å². The van der Waals surface area contributed by atoms with E-state index in [-0.39, 0.29) is 5.78 Å². The van der Waals surface area contributed by atoms with E-state index in [0.717, 1.165) is 37.9 Å². The molecule has 7 heteroatoms. The summed E-state index contributed by atoms with van der Waals surface area (Å²) in [5.41, 5.74) is 4.17. The Morgan fingerprint density at radius 1 is 1.12 bits per heavy atom. The number of benzene rings is 1. The number of rotatable bonds is 8. The zero-order valence-electron chi connectivity index (χ0n) is 15.1. The number of carbonyl (C=O) groups excluding carboxylic acids is 1. The lowest BCUT2D eigenvalue weighted by atomic mass is 10.2. The molecule has 136 valence electrons. The first-order valence-electron chi connectivity index (χ1n) is 8.41. The van der Waals surface area contributed by atoms with E-state index in [1.165, 1.54) is 17.3 Å². The van der Waals surface area contributed by atoms with Gasteiger partial charge in [-0.2, -0.15) is 0 Å². The number of Topliss-reactive ketones (excluding diaryl/α,β-unsaturated/α-hetero) is 1. The highest BCUT2D eigenvalue weighted by molar-refractivity contribution is 8.03. The molecule has 0 N–H and O–H groups in total. The number of ketones is 1. The maximum Gasteiger partial charge on any atom is 0.175 e. The third-order valence-corrected chi connectivity index (χ3v) is 7.11. The maximum absolute atomic E-state index is 12.7. The fourth-order valence-electron chi connectivity index (χ4n) is 2.74. The van der Waals surface area contributed by atoms with Gasteiger partial charge in [-0.15, -0.1) is 10.2 Å². The summed E-state index contributed by atoms with van der Waals surface area (Å²) in [6.07, 6.45) is 0. The summed E-state index contributed by atoms with van der Waals surface area (Å²) in [4.78, 5) is 12.7. The molecule has 0 aliphatic carbocycles. The van der Waals surface area contributed by atoms with Crippen LogP contribution in [0.5, 0.6) is 0 Å². The predicted octanol–water partition coefficient (Wildman–Crippen LogP) is 5.09. The summed E-state index contributed by atoms with van der Waals surface area (Å²) >= 11 is 4.70. The average Bonchev–Trinajstić information content (AvgIpc) is 3.20. The van der Waals surface area contributed by atoms with Gasteiger partial charge in [-0.25, -0.2) is 0 Å². The van der Waals surface area contributed by atoms with Gasteiger partial charge in [0.1, 0.15) is 0 Å². The van der Waals surface area contributed by atoms with Crippen molar-refractivity contribution in [3.05, 3.63) is 58.9 Å². The van der Waals surface area contributed by atoms with Gasteiger partial charge in [0.2, 0.25) is 0 Å². The molecular formula is C19H21N3OS3. The van der Waals surface area contributed by atoms with E-state index in [0.29, 0.717) is 5.75 Å². The van der Waals surface area contributed by atoms with Crippen LogP contribution in [-0.2, 0) is 6.54 Å². The summed E-state index contributed by atoms with van der Waals surface area (Å²) in [6.45, 7) is 6.95. The number of aryl methyl sites for hydroxylation is 1. The second-order valence-electron chi connectivity index (χ2n) is 5.84. The van der Waals surface area contributed by atoms with E-state index in [1.807, 2.05) is 31.2 Å². The molecule has 1 aromatic carbocycles. The van der Waals surface area contributed by atoms with Crippen molar-refractivity contribution in [1.29, 1.82) is 0 Å². The van der Waals surface area contributed by atoms with Crippen molar-refractivity contribution in [3.8, 4) is 0 Å². The second-order valence-corrected chi connectivity index (χ2v) is 9.55. The number of carbonyl (C=O) groups is 1. The van der Waals surface area contributed by atoms with Crippen molar-refractivity contribution < 1.29 is 4.79 Å². The summed E-state index contributed by atoms with van der Waals surface area (Å²) in [5.74, 6) is 1.51. The largest absolute Gasteiger partial charge is 0.344 e. The van der Waals surface area contributed by atoms with Crippen LogP contribution in [0.1, 0.15) is 34.2 Å². The Kier molecular flexibility index (Phi) is 6.56. The highest BCUT2D eigenvalue weighted by atomic mass is 32.2. The fourth-order valence-corrected chi connectivity index (χ4v) is 5.54. The molecule has 0 amide bonds. The molecule has 0 radical (unpaired) electrons. The van der Waals surface area contributed by atoms with E-state index in [9.17, 15) is 4.79 Å². The highest BCUT2D eigenvalue weighted by Crippen LogP contribution is 2.29. The molecule has 0 aliphatic heterocycles. The molecule has 0 atom stereocenters. The minimum absolute atomic E-state index is 0.141. The van der Waals surface area contributed by atoms with Crippen LogP contribution in [0, 0.1) is 13.8 Å². The number of nitrogens with zero attached hydrogens (tertiary/aromatic N) is 3. The predicted molar refractivity (Wildman–Crippen MR) is 111 cm³/mol. The van der Waals surface area contributed by atoms with Gasteiger partial charge in [0, 0.05) is 23.5 Å². The van der Waals surface area contributed by atoms with Crippen LogP contribution >= 0.6 is 34.9 Å². The van der Waals surface area contributed by atoms with E-state index in [1.54, 1.807) is 23.1 Å². The lowest BCUT2D eigenvalue weighted by molar-refractivity contribution is 0.102. The molecule has 26 heavy (non-hydrogen) atoms. The molecule has 0 bridgehead atoms. The van der Waals surface area contributed by atoms with Crippen molar-refractivity contribution in [3.63, 3.8) is 0 Å². The Balaban J connectivity index is 1.68. The van der Waals surface area contributed by atoms with Gasteiger partial charge in [0.05, 0.1) is 5.75 Å². The van der Waals surface area contributed by atoms with E-state index in [2.05, 4.69) is 40.7 Å². The first-order valence-corrected chi connectivity index (χ1v) is 11.2. The van der Waals surface area contributed by atoms with Gasteiger partial charge in [-0.05, 0) is 31.2 Å².